The van der Waals surface area contributed by atoms with Crippen LogP contribution >= 0.6 is 15.9 Å². The maximum Gasteiger partial charge on any atom is 0.329 e. The largest absolute Gasteiger partial charge is 0.493 e. The number of aryl methyl sites for hydroxylation is 1. The molecule has 0 aromatic heterocycles. The average molecular weight is 547 g/mol. The third kappa shape index (κ3) is 8.08. The fourth-order valence-electron chi connectivity index (χ4n) is 3.25. The first-order valence-corrected chi connectivity index (χ1v) is 11.7. The van der Waals surface area contributed by atoms with Crippen molar-refractivity contribution in [3.05, 3.63) is 52.0 Å². The third-order valence-corrected chi connectivity index (χ3v) is 5.98. The smallest absolute Gasteiger partial charge is 0.329 e. The molecular weight excluding hydrogens is 520 g/mol. The number of hydrazone groups is 1. The van der Waals surface area contributed by atoms with E-state index in [0.717, 1.165) is 22.9 Å². The van der Waals surface area contributed by atoms with E-state index in [9.17, 15) is 14.4 Å². The molecule has 186 valence electrons. The van der Waals surface area contributed by atoms with E-state index < -0.39 is 11.8 Å². The van der Waals surface area contributed by atoms with Crippen molar-refractivity contribution in [1.29, 1.82) is 0 Å². The first-order valence-electron chi connectivity index (χ1n) is 11.0. The monoisotopic (exact) mass is 546 g/mol. The Morgan fingerprint density at radius 3 is 2.71 bits per heavy atom. The van der Waals surface area contributed by atoms with Crippen molar-refractivity contribution in [2.45, 2.75) is 25.9 Å². The Morgan fingerprint density at radius 1 is 1.17 bits per heavy atom. The van der Waals surface area contributed by atoms with Crippen molar-refractivity contribution in [1.82, 2.24) is 10.7 Å². The van der Waals surface area contributed by atoms with E-state index in [0.29, 0.717) is 29.4 Å². The minimum Gasteiger partial charge on any atom is -0.493 e. The van der Waals surface area contributed by atoms with E-state index in [1.54, 1.807) is 24.3 Å². The summed E-state index contributed by atoms with van der Waals surface area (Å²) in [5, 5.41) is 9.10. The van der Waals surface area contributed by atoms with Gasteiger partial charge >= 0.3 is 11.8 Å². The molecule has 2 aromatic carbocycles. The molecule has 11 heteroatoms. The number of rotatable bonds is 9. The first-order chi connectivity index (χ1) is 16.9. The molecule has 1 aliphatic heterocycles. The Balaban J connectivity index is 1.48. The van der Waals surface area contributed by atoms with Gasteiger partial charge in [-0.15, -0.1) is 0 Å². The summed E-state index contributed by atoms with van der Waals surface area (Å²) in [6, 6.07) is 10.4. The van der Waals surface area contributed by atoms with E-state index in [2.05, 4.69) is 37.1 Å². The molecule has 0 unspecified atom stereocenters. The third-order valence-electron chi connectivity index (χ3n) is 5.09. The second-order valence-electron chi connectivity index (χ2n) is 7.76. The molecule has 0 spiro atoms. The number of methoxy groups -OCH3 is 1. The number of ether oxygens (including phenoxy) is 3. The van der Waals surface area contributed by atoms with Gasteiger partial charge in [-0.1, -0.05) is 15.9 Å². The summed E-state index contributed by atoms with van der Waals surface area (Å²) in [6.45, 7) is 2.67. The van der Waals surface area contributed by atoms with Gasteiger partial charge in [-0.2, -0.15) is 5.10 Å². The number of hydrogen-bond donors (Lipinski definition) is 3. The molecule has 1 heterocycles. The zero-order valence-electron chi connectivity index (χ0n) is 19.4. The summed E-state index contributed by atoms with van der Waals surface area (Å²) in [4.78, 5) is 35.9. The standard InChI is InChI=1S/C24H27BrN4O6/c1-15-10-17(6-7-19(15)25)28-22(30)14-35-20-8-5-16(11-21(20)33-2)12-27-29-24(32)23(31)26-13-18-4-3-9-34-18/h5-8,10-12,18H,3-4,9,13-14H2,1-2H3,(H,26,31)(H,28,30)(H,29,32)/b27-12-/t18-/m1/s1. The number of anilines is 1. The number of nitrogens with one attached hydrogen (secondary N) is 3. The van der Waals surface area contributed by atoms with Crippen LogP contribution in [0.25, 0.3) is 0 Å². The van der Waals surface area contributed by atoms with Gasteiger partial charge in [0.1, 0.15) is 0 Å². The van der Waals surface area contributed by atoms with Crippen molar-refractivity contribution in [2.75, 3.05) is 32.2 Å². The summed E-state index contributed by atoms with van der Waals surface area (Å²) >= 11 is 3.42. The Kier molecular flexibility index (Phi) is 9.62. The SMILES string of the molecule is COc1cc(/C=N\NC(=O)C(=O)NC[C@H]2CCCO2)ccc1OCC(=O)Nc1ccc(Br)c(C)c1. The second kappa shape index (κ2) is 12.9. The molecule has 3 amide bonds. The highest BCUT2D eigenvalue weighted by atomic mass is 79.9. The van der Waals surface area contributed by atoms with Gasteiger partial charge < -0.3 is 24.8 Å². The lowest BCUT2D eigenvalue weighted by atomic mass is 10.2. The van der Waals surface area contributed by atoms with Gasteiger partial charge in [-0.3, -0.25) is 14.4 Å². The van der Waals surface area contributed by atoms with E-state index >= 15 is 0 Å². The summed E-state index contributed by atoms with van der Waals surface area (Å²) < 4.78 is 17.3. The number of carbonyl (C=O) groups excluding carboxylic acids is 3. The molecule has 0 aliphatic carbocycles. The van der Waals surface area contributed by atoms with Crippen LogP contribution in [0, 0.1) is 6.92 Å². The summed E-state index contributed by atoms with van der Waals surface area (Å²) in [6.07, 6.45) is 3.11. The molecule has 1 aliphatic rings. The van der Waals surface area contributed by atoms with E-state index in [4.69, 9.17) is 14.2 Å². The highest BCUT2D eigenvalue weighted by Crippen LogP contribution is 2.27. The van der Waals surface area contributed by atoms with Crippen LogP contribution in [-0.4, -0.2) is 56.9 Å². The van der Waals surface area contributed by atoms with Gasteiger partial charge in [-0.25, -0.2) is 5.43 Å². The normalized spacial score (nSPS) is 15.0. The van der Waals surface area contributed by atoms with Gasteiger partial charge in [0.05, 0.1) is 19.4 Å². The maximum absolute atomic E-state index is 12.2. The van der Waals surface area contributed by atoms with Crippen LogP contribution in [0.1, 0.15) is 24.0 Å². The Labute approximate surface area is 211 Å². The van der Waals surface area contributed by atoms with Crippen LogP contribution in [0.5, 0.6) is 11.5 Å². The van der Waals surface area contributed by atoms with Gasteiger partial charge in [0, 0.05) is 23.3 Å². The summed E-state index contributed by atoms with van der Waals surface area (Å²) in [5.41, 5.74) is 4.43. The zero-order valence-corrected chi connectivity index (χ0v) is 21.0. The molecule has 2 aromatic rings. The number of amides is 3. The number of benzene rings is 2. The average Bonchev–Trinajstić information content (AvgIpc) is 3.37. The number of halogens is 1. The quantitative estimate of drug-likeness (QED) is 0.252. The van der Waals surface area contributed by atoms with Gasteiger partial charge in [-0.05, 0) is 67.3 Å². The number of hydrogen-bond acceptors (Lipinski definition) is 7. The fourth-order valence-corrected chi connectivity index (χ4v) is 3.50. The molecule has 10 nitrogen and oxygen atoms in total. The van der Waals surface area contributed by atoms with E-state index in [-0.39, 0.29) is 25.2 Å². The van der Waals surface area contributed by atoms with Crippen LogP contribution in [0.15, 0.2) is 46.0 Å². The minimum absolute atomic E-state index is 0.0560. The predicted molar refractivity (Wildman–Crippen MR) is 134 cm³/mol. The fraction of sp³-hybridized carbons (Fsp3) is 0.333. The Bertz CT molecular complexity index is 1100. The molecular formula is C24H27BrN4O6. The van der Waals surface area contributed by atoms with Crippen molar-refractivity contribution in [3.63, 3.8) is 0 Å². The Hall–Kier alpha value is -3.44. The molecule has 3 rings (SSSR count). The van der Waals surface area contributed by atoms with Crippen LogP contribution in [-0.2, 0) is 19.1 Å². The zero-order chi connectivity index (χ0) is 25.2. The van der Waals surface area contributed by atoms with Crippen LogP contribution in [0.2, 0.25) is 0 Å². The molecule has 35 heavy (non-hydrogen) atoms. The number of nitrogens with zero attached hydrogens (tertiary/aromatic N) is 1. The first kappa shape index (κ1) is 26.2. The molecule has 1 saturated heterocycles. The molecule has 1 fully saturated rings. The summed E-state index contributed by atoms with van der Waals surface area (Å²) in [5.74, 6) is -1.24. The van der Waals surface area contributed by atoms with Gasteiger partial charge in [0.25, 0.3) is 5.91 Å². The highest BCUT2D eigenvalue weighted by molar-refractivity contribution is 9.10. The van der Waals surface area contributed by atoms with Crippen LogP contribution in [0.4, 0.5) is 5.69 Å². The van der Waals surface area contributed by atoms with E-state index in [1.807, 2.05) is 19.1 Å². The van der Waals surface area contributed by atoms with Gasteiger partial charge in [0.2, 0.25) is 0 Å². The lowest BCUT2D eigenvalue weighted by Crippen LogP contribution is -2.41. The van der Waals surface area contributed by atoms with Gasteiger partial charge in [0.15, 0.2) is 18.1 Å². The highest BCUT2D eigenvalue weighted by Gasteiger charge is 2.19. The molecule has 0 radical (unpaired) electrons. The minimum atomic E-state index is -0.877. The van der Waals surface area contributed by atoms with Crippen molar-refractivity contribution in [3.8, 4) is 11.5 Å². The van der Waals surface area contributed by atoms with Crippen molar-refractivity contribution in [2.24, 2.45) is 5.10 Å². The van der Waals surface area contributed by atoms with E-state index in [1.165, 1.54) is 13.3 Å². The Morgan fingerprint density at radius 2 is 2.00 bits per heavy atom. The lowest BCUT2D eigenvalue weighted by Gasteiger charge is -2.12. The topological polar surface area (TPSA) is 127 Å². The van der Waals surface area contributed by atoms with Crippen molar-refractivity contribution >= 4 is 45.6 Å². The molecule has 3 N–H and O–H groups in total. The molecule has 0 bridgehead atoms. The molecule has 0 saturated carbocycles. The predicted octanol–water partition coefficient (Wildman–Crippen LogP) is 2.53. The molecule has 1 atom stereocenters. The number of carbonyl (C=O) groups is 3. The second-order valence-corrected chi connectivity index (χ2v) is 8.61. The lowest BCUT2D eigenvalue weighted by molar-refractivity contribution is -0.139. The van der Waals surface area contributed by atoms with Crippen LogP contribution in [0.3, 0.4) is 0 Å². The van der Waals surface area contributed by atoms with Crippen LogP contribution < -0.4 is 25.5 Å². The summed E-state index contributed by atoms with van der Waals surface area (Å²) in [7, 11) is 1.47. The maximum atomic E-state index is 12.2. The van der Waals surface area contributed by atoms with Crippen molar-refractivity contribution < 1.29 is 28.6 Å².